The molecule has 0 amide bonds. The summed E-state index contributed by atoms with van der Waals surface area (Å²) in [5.74, 6) is 0.298. The summed E-state index contributed by atoms with van der Waals surface area (Å²) in [6.45, 7) is 4.57. The molecule has 1 atom stereocenters. The number of halogens is 3. The second-order valence-electron chi connectivity index (χ2n) is 4.78. The first-order valence-corrected chi connectivity index (χ1v) is 5.48. The molecule has 0 radical (unpaired) electrons. The maximum atomic E-state index is 12.9. The number of rotatable bonds is 1. The molecular formula is C10H17F3N2. The summed E-state index contributed by atoms with van der Waals surface area (Å²) in [6, 6.07) is 0. The highest BCUT2D eigenvalue weighted by atomic mass is 19.4. The molecule has 2 aliphatic rings. The van der Waals surface area contributed by atoms with E-state index in [0.717, 1.165) is 6.54 Å². The first-order valence-electron chi connectivity index (χ1n) is 5.48. The zero-order chi connectivity index (χ0) is 11.1. The molecule has 1 heterocycles. The quantitative estimate of drug-likeness (QED) is 0.725. The van der Waals surface area contributed by atoms with Crippen molar-refractivity contribution in [3.63, 3.8) is 0 Å². The van der Waals surface area contributed by atoms with Gasteiger partial charge in [0, 0.05) is 19.6 Å². The molecule has 0 aromatic carbocycles. The molecule has 0 spiro atoms. The molecule has 2 nitrogen and oxygen atoms in total. The molecule has 15 heavy (non-hydrogen) atoms. The number of nitrogens with one attached hydrogen (secondary N) is 1. The van der Waals surface area contributed by atoms with Crippen LogP contribution >= 0.6 is 0 Å². The molecule has 88 valence electrons. The molecule has 0 bridgehead atoms. The lowest BCUT2D eigenvalue weighted by molar-refractivity contribution is -0.196. The summed E-state index contributed by atoms with van der Waals surface area (Å²) < 4.78 is 38.6. The van der Waals surface area contributed by atoms with E-state index in [0.29, 0.717) is 25.6 Å². The van der Waals surface area contributed by atoms with E-state index in [1.807, 2.05) is 6.92 Å². The van der Waals surface area contributed by atoms with Crippen LogP contribution in [0.5, 0.6) is 0 Å². The minimum absolute atomic E-state index is 0.281. The summed E-state index contributed by atoms with van der Waals surface area (Å²) in [5, 5.41) is 3.17. The summed E-state index contributed by atoms with van der Waals surface area (Å²) in [4.78, 5) is 1.64. The Labute approximate surface area is 87.8 Å². The molecule has 1 aliphatic heterocycles. The molecule has 1 unspecified atom stereocenters. The van der Waals surface area contributed by atoms with Crippen molar-refractivity contribution >= 4 is 0 Å². The lowest BCUT2D eigenvalue weighted by Gasteiger charge is -2.33. The van der Waals surface area contributed by atoms with Crippen LogP contribution in [-0.2, 0) is 0 Å². The highest BCUT2D eigenvalue weighted by Crippen LogP contribution is 2.53. The maximum Gasteiger partial charge on any atom is 0.406 e. The van der Waals surface area contributed by atoms with Crippen LogP contribution in [-0.4, -0.2) is 42.8 Å². The molecule has 1 saturated heterocycles. The molecule has 0 aromatic heterocycles. The minimum Gasteiger partial charge on any atom is -0.315 e. The van der Waals surface area contributed by atoms with Crippen molar-refractivity contribution < 1.29 is 13.2 Å². The molecular weight excluding hydrogens is 205 g/mol. The van der Waals surface area contributed by atoms with Crippen molar-refractivity contribution in [2.75, 3.05) is 26.2 Å². The standard InChI is InChI=1S/C10H17F3N2/c1-8-6-14-4-5-15(7-8)9(2-3-9)10(11,12)13/h8,14H,2-7H2,1H3. The lowest BCUT2D eigenvalue weighted by atomic mass is 10.1. The van der Waals surface area contributed by atoms with E-state index in [-0.39, 0.29) is 12.8 Å². The smallest absolute Gasteiger partial charge is 0.315 e. The summed E-state index contributed by atoms with van der Waals surface area (Å²) in [7, 11) is 0. The van der Waals surface area contributed by atoms with Crippen LogP contribution in [0.2, 0.25) is 0 Å². The van der Waals surface area contributed by atoms with Crippen molar-refractivity contribution in [2.24, 2.45) is 5.92 Å². The maximum absolute atomic E-state index is 12.9. The van der Waals surface area contributed by atoms with Gasteiger partial charge in [0.1, 0.15) is 5.54 Å². The SMILES string of the molecule is CC1CNCCN(C2(C(F)(F)F)CC2)C1. The van der Waals surface area contributed by atoms with Crippen LogP contribution in [0.3, 0.4) is 0 Å². The molecule has 2 fully saturated rings. The fourth-order valence-corrected chi connectivity index (χ4v) is 2.38. The van der Waals surface area contributed by atoms with Gasteiger partial charge in [-0.05, 0) is 25.3 Å². The van der Waals surface area contributed by atoms with Crippen LogP contribution < -0.4 is 5.32 Å². The van der Waals surface area contributed by atoms with Gasteiger partial charge in [-0.3, -0.25) is 4.90 Å². The third-order valence-electron chi connectivity index (χ3n) is 3.44. The van der Waals surface area contributed by atoms with Crippen LogP contribution in [0.25, 0.3) is 0 Å². The summed E-state index contributed by atoms with van der Waals surface area (Å²) in [6.07, 6.45) is -3.50. The first-order chi connectivity index (χ1) is 6.96. The van der Waals surface area contributed by atoms with Gasteiger partial charge >= 0.3 is 6.18 Å². The van der Waals surface area contributed by atoms with Gasteiger partial charge in [0.2, 0.25) is 0 Å². The topological polar surface area (TPSA) is 15.3 Å². The van der Waals surface area contributed by atoms with Gasteiger partial charge in [-0.25, -0.2) is 0 Å². The van der Waals surface area contributed by atoms with Gasteiger partial charge in [-0.15, -0.1) is 0 Å². The van der Waals surface area contributed by atoms with Gasteiger partial charge < -0.3 is 5.32 Å². The largest absolute Gasteiger partial charge is 0.406 e. The number of hydrogen-bond donors (Lipinski definition) is 1. The van der Waals surface area contributed by atoms with Crippen molar-refractivity contribution in [3.8, 4) is 0 Å². The Kier molecular flexibility index (Phi) is 2.71. The lowest BCUT2D eigenvalue weighted by Crippen LogP contribution is -2.50. The van der Waals surface area contributed by atoms with E-state index in [1.165, 1.54) is 0 Å². The monoisotopic (exact) mass is 222 g/mol. The Morgan fingerprint density at radius 2 is 2.00 bits per heavy atom. The third kappa shape index (κ3) is 1.99. The van der Waals surface area contributed by atoms with E-state index in [9.17, 15) is 13.2 Å². The Balaban J connectivity index is 2.09. The molecule has 5 heteroatoms. The van der Waals surface area contributed by atoms with Crippen molar-refractivity contribution in [2.45, 2.75) is 31.5 Å². The van der Waals surface area contributed by atoms with Crippen LogP contribution in [0.15, 0.2) is 0 Å². The van der Waals surface area contributed by atoms with Crippen LogP contribution in [0, 0.1) is 5.92 Å². The number of alkyl halides is 3. The summed E-state index contributed by atoms with van der Waals surface area (Å²) in [5.41, 5.74) is -1.48. The summed E-state index contributed by atoms with van der Waals surface area (Å²) >= 11 is 0. The Morgan fingerprint density at radius 1 is 1.33 bits per heavy atom. The Hall–Kier alpha value is -0.290. The third-order valence-corrected chi connectivity index (χ3v) is 3.44. The van der Waals surface area contributed by atoms with Gasteiger partial charge in [-0.2, -0.15) is 13.2 Å². The number of hydrogen-bond acceptors (Lipinski definition) is 2. The fraction of sp³-hybridized carbons (Fsp3) is 1.00. The van der Waals surface area contributed by atoms with Crippen LogP contribution in [0.1, 0.15) is 19.8 Å². The van der Waals surface area contributed by atoms with E-state index in [4.69, 9.17) is 0 Å². The molecule has 2 rings (SSSR count). The van der Waals surface area contributed by atoms with E-state index >= 15 is 0 Å². The first kappa shape index (κ1) is 11.2. The highest BCUT2D eigenvalue weighted by molar-refractivity contribution is 5.10. The average Bonchev–Trinajstić information content (AvgIpc) is 2.85. The predicted octanol–water partition coefficient (Wildman–Crippen LogP) is 1.62. The van der Waals surface area contributed by atoms with Gasteiger partial charge in [0.15, 0.2) is 0 Å². The molecule has 1 N–H and O–H groups in total. The molecule has 0 aromatic rings. The predicted molar refractivity (Wildman–Crippen MR) is 51.6 cm³/mol. The van der Waals surface area contributed by atoms with Gasteiger partial charge in [0.25, 0.3) is 0 Å². The van der Waals surface area contributed by atoms with Crippen molar-refractivity contribution in [1.82, 2.24) is 10.2 Å². The second kappa shape index (κ2) is 3.63. The Bertz CT molecular complexity index is 235. The average molecular weight is 222 g/mol. The van der Waals surface area contributed by atoms with Crippen molar-refractivity contribution in [1.29, 1.82) is 0 Å². The zero-order valence-electron chi connectivity index (χ0n) is 8.90. The fourth-order valence-electron chi connectivity index (χ4n) is 2.38. The highest BCUT2D eigenvalue weighted by Gasteiger charge is 2.66. The van der Waals surface area contributed by atoms with Gasteiger partial charge in [0.05, 0.1) is 0 Å². The van der Waals surface area contributed by atoms with Crippen molar-refractivity contribution in [3.05, 3.63) is 0 Å². The Morgan fingerprint density at radius 3 is 2.53 bits per heavy atom. The minimum atomic E-state index is -4.06. The second-order valence-corrected chi connectivity index (χ2v) is 4.78. The number of nitrogens with zero attached hydrogens (tertiary/aromatic N) is 1. The van der Waals surface area contributed by atoms with E-state index < -0.39 is 11.7 Å². The molecule has 1 aliphatic carbocycles. The normalized spacial score (nSPS) is 32.4. The van der Waals surface area contributed by atoms with Gasteiger partial charge in [-0.1, -0.05) is 6.92 Å². The van der Waals surface area contributed by atoms with E-state index in [1.54, 1.807) is 4.90 Å². The zero-order valence-corrected chi connectivity index (χ0v) is 8.90. The van der Waals surface area contributed by atoms with Crippen LogP contribution in [0.4, 0.5) is 13.2 Å². The molecule has 1 saturated carbocycles. The van der Waals surface area contributed by atoms with E-state index in [2.05, 4.69) is 5.32 Å².